The predicted molar refractivity (Wildman–Crippen MR) is 113 cm³/mol. The maximum absolute atomic E-state index is 14.1. The number of halogens is 1. The average Bonchev–Trinajstić information content (AvgIpc) is 3.06. The number of anilines is 1. The van der Waals surface area contributed by atoms with E-state index in [-0.39, 0.29) is 6.03 Å². The molecule has 2 heterocycles. The number of likely N-dealkylation sites (N-methyl/N-ethyl adjacent to an activating group) is 1. The van der Waals surface area contributed by atoms with E-state index >= 15 is 0 Å². The number of benzene rings is 2. The van der Waals surface area contributed by atoms with E-state index < -0.39 is 5.82 Å². The minimum absolute atomic E-state index is 0.280. The third-order valence-corrected chi connectivity index (χ3v) is 5.39. The number of carbonyl (C=O) groups excluding carboxylic acids is 1. The molecule has 4 rings (SSSR count). The molecule has 0 spiro atoms. The van der Waals surface area contributed by atoms with Gasteiger partial charge in [0.1, 0.15) is 29.0 Å². The van der Waals surface area contributed by atoms with Crippen molar-refractivity contribution in [3.63, 3.8) is 0 Å². The first-order valence-electron chi connectivity index (χ1n) is 9.65. The quantitative estimate of drug-likeness (QED) is 0.722. The maximum atomic E-state index is 14.1. The average molecular weight is 407 g/mol. The van der Waals surface area contributed by atoms with E-state index in [4.69, 9.17) is 4.74 Å². The fourth-order valence-corrected chi connectivity index (χ4v) is 3.68. The summed E-state index contributed by atoms with van der Waals surface area (Å²) in [7, 11) is 3.59. The van der Waals surface area contributed by atoms with Crippen LogP contribution in [0.15, 0.2) is 42.5 Å². The van der Waals surface area contributed by atoms with E-state index in [1.165, 1.54) is 12.1 Å². The summed E-state index contributed by atoms with van der Waals surface area (Å²) in [6.45, 7) is 2.76. The van der Waals surface area contributed by atoms with E-state index in [2.05, 4.69) is 16.3 Å². The largest absolute Gasteiger partial charge is 0.497 e. The van der Waals surface area contributed by atoms with Crippen LogP contribution in [0.3, 0.4) is 0 Å². The zero-order valence-electron chi connectivity index (χ0n) is 16.9. The molecule has 2 aromatic carbocycles. The molecule has 0 saturated carbocycles. The second-order valence-corrected chi connectivity index (χ2v) is 7.25. The normalized spacial score (nSPS) is 14.5. The minimum atomic E-state index is -0.420. The number of ether oxygens (including phenoxy) is 1. The van der Waals surface area contributed by atoms with Crippen LogP contribution in [0.5, 0.6) is 5.75 Å². The van der Waals surface area contributed by atoms with Gasteiger partial charge in [0.05, 0.1) is 12.6 Å². The summed E-state index contributed by atoms with van der Waals surface area (Å²) in [5.41, 5.74) is 1.48. The van der Waals surface area contributed by atoms with Crippen molar-refractivity contribution in [2.24, 2.45) is 0 Å². The van der Waals surface area contributed by atoms with Crippen LogP contribution in [-0.4, -0.2) is 60.7 Å². The van der Waals surface area contributed by atoms with Crippen LogP contribution < -0.4 is 10.1 Å². The Morgan fingerprint density at radius 2 is 1.83 bits per heavy atom. The van der Waals surface area contributed by atoms with Gasteiger partial charge in [-0.05, 0) is 49.5 Å². The first kappa shape index (κ1) is 19.7. The van der Waals surface area contributed by atoms with E-state index in [1.54, 1.807) is 46.9 Å². The number of rotatable bonds is 3. The molecule has 0 bridgehead atoms. The van der Waals surface area contributed by atoms with E-state index in [1.807, 2.05) is 7.05 Å². The highest BCUT2D eigenvalue weighted by Crippen LogP contribution is 2.34. The van der Waals surface area contributed by atoms with Crippen LogP contribution >= 0.6 is 0 Å². The lowest BCUT2D eigenvalue weighted by Gasteiger charge is -2.32. The van der Waals surface area contributed by atoms with Crippen molar-refractivity contribution in [1.29, 1.82) is 5.26 Å². The molecule has 30 heavy (non-hydrogen) atoms. The Hall–Kier alpha value is -3.57. The predicted octanol–water partition coefficient (Wildman–Crippen LogP) is 3.43. The summed E-state index contributed by atoms with van der Waals surface area (Å²) in [6.07, 6.45) is 0. The van der Waals surface area contributed by atoms with Crippen molar-refractivity contribution >= 4 is 22.8 Å². The van der Waals surface area contributed by atoms with Gasteiger partial charge in [-0.3, -0.25) is 9.88 Å². The number of nitrogens with zero attached hydrogens (tertiary/aromatic N) is 4. The van der Waals surface area contributed by atoms with Gasteiger partial charge in [0.15, 0.2) is 0 Å². The summed E-state index contributed by atoms with van der Waals surface area (Å²) >= 11 is 0. The second-order valence-electron chi connectivity index (χ2n) is 7.25. The number of carbonyl (C=O) groups is 1. The Balaban J connectivity index is 1.82. The van der Waals surface area contributed by atoms with Crippen molar-refractivity contribution in [3.8, 4) is 17.5 Å². The third kappa shape index (κ3) is 3.55. The summed E-state index contributed by atoms with van der Waals surface area (Å²) in [4.78, 5) is 16.8. The zero-order chi connectivity index (χ0) is 21.3. The molecule has 1 aliphatic heterocycles. The Labute approximate surface area is 173 Å². The van der Waals surface area contributed by atoms with Gasteiger partial charge in [-0.15, -0.1) is 0 Å². The lowest BCUT2D eigenvalue weighted by Crippen LogP contribution is -2.48. The van der Waals surface area contributed by atoms with Gasteiger partial charge in [-0.25, -0.2) is 9.18 Å². The molecule has 1 saturated heterocycles. The Bertz CT molecular complexity index is 1130. The van der Waals surface area contributed by atoms with Crippen molar-refractivity contribution in [2.75, 3.05) is 45.7 Å². The van der Waals surface area contributed by atoms with Crippen molar-refractivity contribution in [1.82, 2.24) is 14.4 Å². The standard InChI is InChI=1S/C22H22FN5O2/c1-26-9-11-27(12-10-26)22(29)25-21-19(14-24)18-8-3-15(23)13-20(18)28(21)16-4-6-17(30-2)7-5-16/h3-8,13H,9-12H2,1-2H3,(H,25,29). The SMILES string of the molecule is COc1ccc(-n2c(NC(=O)N3CCN(C)CC3)c(C#N)c3ccc(F)cc32)cc1. The Morgan fingerprint density at radius 3 is 2.47 bits per heavy atom. The molecule has 7 nitrogen and oxygen atoms in total. The van der Waals surface area contributed by atoms with Crippen LogP contribution in [0.4, 0.5) is 15.0 Å². The van der Waals surface area contributed by atoms with Crippen molar-refractivity contribution in [3.05, 3.63) is 53.8 Å². The molecule has 0 atom stereocenters. The van der Waals surface area contributed by atoms with Gasteiger partial charge in [0, 0.05) is 37.3 Å². The van der Waals surface area contributed by atoms with E-state index in [0.717, 1.165) is 13.1 Å². The summed E-state index contributed by atoms with van der Waals surface area (Å²) in [5, 5.41) is 13.3. The molecular weight excluding hydrogens is 385 g/mol. The molecular formula is C22H22FN5O2. The molecule has 3 aromatic rings. The van der Waals surface area contributed by atoms with Gasteiger partial charge in [-0.1, -0.05) is 0 Å². The first-order chi connectivity index (χ1) is 14.5. The smallest absolute Gasteiger partial charge is 0.323 e. The topological polar surface area (TPSA) is 73.5 Å². The van der Waals surface area contributed by atoms with Gasteiger partial charge in [-0.2, -0.15) is 5.26 Å². The fourth-order valence-electron chi connectivity index (χ4n) is 3.68. The first-order valence-corrected chi connectivity index (χ1v) is 9.65. The number of nitriles is 1. The maximum Gasteiger partial charge on any atom is 0.323 e. The second kappa shape index (κ2) is 8.05. The number of piperazine rings is 1. The van der Waals surface area contributed by atoms with Crippen LogP contribution in [0, 0.1) is 17.1 Å². The van der Waals surface area contributed by atoms with Crippen molar-refractivity contribution < 1.29 is 13.9 Å². The molecule has 0 unspecified atom stereocenters. The molecule has 154 valence electrons. The molecule has 1 N–H and O–H groups in total. The molecule has 0 aliphatic carbocycles. The number of nitrogens with one attached hydrogen (secondary N) is 1. The van der Waals surface area contributed by atoms with Crippen LogP contribution in [-0.2, 0) is 0 Å². The molecule has 1 fully saturated rings. The molecule has 1 aliphatic rings. The third-order valence-electron chi connectivity index (χ3n) is 5.39. The number of amides is 2. The van der Waals surface area contributed by atoms with Gasteiger partial charge in [0.25, 0.3) is 0 Å². The summed E-state index contributed by atoms with van der Waals surface area (Å²) < 4.78 is 21.0. The van der Waals surface area contributed by atoms with Crippen LogP contribution in [0.1, 0.15) is 5.56 Å². The Morgan fingerprint density at radius 1 is 1.13 bits per heavy atom. The van der Waals surface area contributed by atoms with E-state index in [9.17, 15) is 14.4 Å². The van der Waals surface area contributed by atoms with Crippen molar-refractivity contribution in [2.45, 2.75) is 0 Å². The van der Waals surface area contributed by atoms with Crippen LogP contribution in [0.2, 0.25) is 0 Å². The molecule has 0 radical (unpaired) electrons. The van der Waals surface area contributed by atoms with E-state index in [0.29, 0.717) is 46.8 Å². The molecule has 8 heteroatoms. The van der Waals surface area contributed by atoms with Gasteiger partial charge >= 0.3 is 6.03 Å². The number of methoxy groups -OCH3 is 1. The number of hydrogen-bond donors (Lipinski definition) is 1. The molecule has 2 amide bonds. The lowest BCUT2D eigenvalue weighted by atomic mass is 10.2. The lowest BCUT2D eigenvalue weighted by molar-refractivity contribution is 0.164. The summed E-state index contributed by atoms with van der Waals surface area (Å²) in [6, 6.07) is 13.3. The number of aromatic nitrogens is 1. The Kier molecular flexibility index (Phi) is 5.29. The highest BCUT2D eigenvalue weighted by Gasteiger charge is 2.24. The van der Waals surface area contributed by atoms with Crippen LogP contribution in [0.25, 0.3) is 16.6 Å². The molecule has 1 aromatic heterocycles. The van der Waals surface area contributed by atoms with Gasteiger partial charge in [0.2, 0.25) is 0 Å². The van der Waals surface area contributed by atoms with Gasteiger partial charge < -0.3 is 14.5 Å². The number of urea groups is 1. The zero-order valence-corrected chi connectivity index (χ0v) is 16.9. The highest BCUT2D eigenvalue weighted by atomic mass is 19.1. The fraction of sp³-hybridized carbons (Fsp3) is 0.273. The number of hydrogen-bond acceptors (Lipinski definition) is 4. The minimum Gasteiger partial charge on any atom is -0.497 e. The monoisotopic (exact) mass is 407 g/mol. The number of fused-ring (bicyclic) bond motifs is 1. The highest BCUT2D eigenvalue weighted by molar-refractivity contribution is 6.00. The summed E-state index contributed by atoms with van der Waals surface area (Å²) in [5.74, 6) is 0.577.